The van der Waals surface area contributed by atoms with E-state index in [-0.39, 0.29) is 0 Å². The Labute approximate surface area is 180 Å². The van der Waals surface area contributed by atoms with Crippen molar-refractivity contribution < 1.29 is 0 Å². The van der Waals surface area contributed by atoms with E-state index in [2.05, 4.69) is 100 Å². The predicted octanol–water partition coefficient (Wildman–Crippen LogP) is 6.46. The molecule has 4 rings (SSSR count). The number of fused-ring (bicyclic) bond motifs is 1. The average molecular weight is 395 g/mol. The summed E-state index contributed by atoms with van der Waals surface area (Å²) in [5.41, 5.74) is 10.3. The van der Waals surface area contributed by atoms with Crippen molar-refractivity contribution in [3.05, 3.63) is 99.6 Å². The van der Waals surface area contributed by atoms with Gasteiger partial charge in [0.05, 0.1) is 5.71 Å². The Bertz CT molecular complexity index is 1210. The van der Waals surface area contributed by atoms with Crippen LogP contribution in [0, 0.1) is 26.2 Å². The van der Waals surface area contributed by atoms with Gasteiger partial charge in [-0.1, -0.05) is 60.7 Å². The van der Waals surface area contributed by atoms with Crippen molar-refractivity contribution in [2.24, 2.45) is 0 Å². The monoisotopic (exact) mass is 394 g/mol. The molecule has 0 aliphatic heterocycles. The third-order valence-corrected chi connectivity index (χ3v) is 6.29. The molecule has 0 fully saturated rings. The van der Waals surface area contributed by atoms with Gasteiger partial charge in [0, 0.05) is 17.7 Å². The van der Waals surface area contributed by atoms with Gasteiger partial charge in [-0.05, 0) is 85.5 Å². The van der Waals surface area contributed by atoms with Crippen molar-refractivity contribution in [1.82, 2.24) is 4.90 Å². The highest BCUT2D eigenvalue weighted by Gasteiger charge is 2.20. The Balaban J connectivity index is 1.90. The third-order valence-electron chi connectivity index (χ3n) is 6.29. The zero-order valence-corrected chi connectivity index (χ0v) is 18.6. The molecule has 0 radical (unpaired) electrons. The Morgan fingerprint density at radius 2 is 1.70 bits per heavy atom. The fraction of sp³-hybridized carbons (Fsp3) is 0.250. The zero-order chi connectivity index (χ0) is 21.4. The third kappa shape index (κ3) is 3.64. The molecule has 0 heterocycles. The first kappa shape index (κ1) is 20.3. The predicted molar refractivity (Wildman–Crippen MR) is 130 cm³/mol. The van der Waals surface area contributed by atoms with E-state index in [0.29, 0.717) is 5.71 Å². The fourth-order valence-electron chi connectivity index (χ4n) is 4.42. The molecule has 2 nitrogen and oxygen atoms in total. The number of hydrogen-bond acceptors (Lipinski definition) is 2. The maximum Gasteiger partial charge on any atom is 0.0699 e. The van der Waals surface area contributed by atoms with Gasteiger partial charge < -0.3 is 4.90 Å². The van der Waals surface area contributed by atoms with Gasteiger partial charge in [-0.15, -0.1) is 0 Å². The topological polar surface area (TPSA) is 27.1 Å². The highest BCUT2D eigenvalue weighted by molar-refractivity contribution is 6.21. The molecule has 0 aromatic heterocycles. The maximum absolute atomic E-state index is 9.28. The van der Waals surface area contributed by atoms with E-state index in [9.17, 15) is 5.41 Å². The van der Waals surface area contributed by atoms with Crippen molar-refractivity contribution in [1.29, 1.82) is 5.41 Å². The van der Waals surface area contributed by atoms with Crippen LogP contribution in [0.1, 0.15) is 39.8 Å². The second kappa shape index (κ2) is 8.04. The number of nitrogens with one attached hydrogen (secondary N) is 1. The largest absolute Gasteiger partial charge is 0.305 e. The van der Waals surface area contributed by atoms with Gasteiger partial charge >= 0.3 is 0 Å². The molecule has 0 saturated carbocycles. The molecule has 0 saturated heterocycles. The number of likely N-dealkylation sites (N-methyl/N-ethyl adjacent to an activating group) is 1. The van der Waals surface area contributed by atoms with Crippen molar-refractivity contribution in [2.45, 2.75) is 27.2 Å². The van der Waals surface area contributed by atoms with Crippen LogP contribution < -0.4 is 0 Å². The normalized spacial score (nSPS) is 13.7. The number of aryl methyl sites for hydroxylation is 1. The first-order valence-corrected chi connectivity index (χ1v) is 10.6. The second-order valence-electron chi connectivity index (χ2n) is 8.65. The quantitative estimate of drug-likeness (QED) is 0.494. The van der Waals surface area contributed by atoms with E-state index >= 15 is 0 Å². The highest BCUT2D eigenvalue weighted by Crippen LogP contribution is 2.35. The Morgan fingerprint density at radius 1 is 0.933 bits per heavy atom. The van der Waals surface area contributed by atoms with Gasteiger partial charge in [0.2, 0.25) is 0 Å². The summed E-state index contributed by atoms with van der Waals surface area (Å²) in [4.78, 5) is 2.20. The summed E-state index contributed by atoms with van der Waals surface area (Å²) in [6.45, 7) is 7.38. The van der Waals surface area contributed by atoms with Gasteiger partial charge in [-0.25, -0.2) is 0 Å². The van der Waals surface area contributed by atoms with Crippen LogP contribution in [-0.4, -0.2) is 31.3 Å². The molecule has 30 heavy (non-hydrogen) atoms. The van der Waals surface area contributed by atoms with Crippen LogP contribution in [0.25, 0.3) is 16.3 Å². The smallest absolute Gasteiger partial charge is 0.0699 e. The Kier molecular flexibility index (Phi) is 5.44. The molecule has 0 bridgehead atoms. The van der Waals surface area contributed by atoms with Gasteiger partial charge in [0.1, 0.15) is 0 Å². The van der Waals surface area contributed by atoms with Crippen LogP contribution in [0.4, 0.5) is 0 Å². The molecule has 0 spiro atoms. The van der Waals surface area contributed by atoms with Crippen LogP contribution in [0.15, 0.2) is 66.3 Å². The lowest BCUT2D eigenvalue weighted by Gasteiger charge is -2.18. The molecule has 0 unspecified atom stereocenters. The molecule has 1 aliphatic carbocycles. The van der Waals surface area contributed by atoms with Gasteiger partial charge in [0.25, 0.3) is 0 Å². The molecule has 2 heteroatoms. The molecular weight excluding hydrogens is 364 g/mol. The van der Waals surface area contributed by atoms with E-state index in [4.69, 9.17) is 0 Å². The van der Waals surface area contributed by atoms with Crippen LogP contribution in [0.5, 0.6) is 0 Å². The second-order valence-corrected chi connectivity index (χ2v) is 8.65. The van der Waals surface area contributed by atoms with Crippen molar-refractivity contribution in [3.8, 4) is 0 Å². The molecule has 0 amide bonds. The Morgan fingerprint density at radius 3 is 2.47 bits per heavy atom. The van der Waals surface area contributed by atoms with E-state index in [0.717, 1.165) is 29.5 Å². The van der Waals surface area contributed by atoms with Gasteiger partial charge in [0.15, 0.2) is 0 Å². The van der Waals surface area contributed by atoms with Crippen LogP contribution in [0.3, 0.4) is 0 Å². The minimum atomic E-state index is 0.615. The maximum atomic E-state index is 9.28. The minimum Gasteiger partial charge on any atom is -0.305 e. The van der Waals surface area contributed by atoms with E-state index < -0.39 is 0 Å². The number of benzene rings is 3. The lowest BCUT2D eigenvalue weighted by Crippen LogP contribution is -2.13. The highest BCUT2D eigenvalue weighted by atomic mass is 15.0. The van der Waals surface area contributed by atoms with Gasteiger partial charge in [-0.3, -0.25) is 5.41 Å². The van der Waals surface area contributed by atoms with Crippen LogP contribution in [0.2, 0.25) is 0 Å². The SMILES string of the molecule is Cc1ccc(C(=N)c2c(C3=CC(CN(C)C)=CC3)ccc3ccccc23)c(C)c1C. The molecule has 152 valence electrons. The fourth-order valence-corrected chi connectivity index (χ4v) is 4.42. The number of nitrogens with zero attached hydrogens (tertiary/aromatic N) is 1. The molecule has 1 N–H and O–H groups in total. The van der Waals surface area contributed by atoms with E-state index in [1.165, 1.54) is 38.8 Å². The zero-order valence-electron chi connectivity index (χ0n) is 18.6. The summed E-state index contributed by atoms with van der Waals surface area (Å²) in [5, 5.41) is 11.6. The first-order chi connectivity index (χ1) is 14.4. The number of allylic oxidation sites excluding steroid dienone is 2. The van der Waals surface area contributed by atoms with Crippen LogP contribution in [-0.2, 0) is 0 Å². The molecule has 1 aliphatic rings. The first-order valence-electron chi connectivity index (χ1n) is 10.6. The molecule has 0 atom stereocenters. The lowest BCUT2D eigenvalue weighted by atomic mass is 9.86. The standard InChI is InChI=1S/C28H30N2/c1-18-10-14-24(20(3)19(18)2)28(29)27-25-9-7-6-8-22(25)13-15-26(27)23-12-11-21(16-23)17-30(4)5/h6-11,13-16,29H,12,17H2,1-5H3. The summed E-state index contributed by atoms with van der Waals surface area (Å²) in [6, 6.07) is 17.1. The summed E-state index contributed by atoms with van der Waals surface area (Å²) in [7, 11) is 4.21. The van der Waals surface area contributed by atoms with Gasteiger partial charge in [-0.2, -0.15) is 0 Å². The number of hydrogen-bond donors (Lipinski definition) is 1. The van der Waals surface area contributed by atoms with E-state index in [1.807, 2.05) is 0 Å². The Hall–Kier alpha value is -2.97. The summed E-state index contributed by atoms with van der Waals surface area (Å²) >= 11 is 0. The summed E-state index contributed by atoms with van der Waals surface area (Å²) in [5.74, 6) is 0. The van der Waals surface area contributed by atoms with Crippen molar-refractivity contribution in [2.75, 3.05) is 20.6 Å². The van der Waals surface area contributed by atoms with Crippen molar-refractivity contribution >= 4 is 22.1 Å². The molecular formula is C28H30N2. The van der Waals surface area contributed by atoms with Crippen LogP contribution >= 0.6 is 0 Å². The summed E-state index contributed by atoms with van der Waals surface area (Å²) in [6.07, 6.45) is 5.56. The lowest BCUT2D eigenvalue weighted by molar-refractivity contribution is 0.449. The van der Waals surface area contributed by atoms with Crippen molar-refractivity contribution in [3.63, 3.8) is 0 Å². The average Bonchev–Trinajstić information content (AvgIpc) is 3.18. The molecule has 3 aromatic carbocycles. The summed E-state index contributed by atoms with van der Waals surface area (Å²) < 4.78 is 0. The number of rotatable bonds is 5. The van der Waals surface area contributed by atoms with E-state index in [1.54, 1.807) is 0 Å². The minimum absolute atomic E-state index is 0.615. The molecule has 3 aromatic rings.